The number of ether oxygens (including phenoxy) is 1. The van der Waals surface area contributed by atoms with Gasteiger partial charge in [-0.25, -0.2) is 14.8 Å². The van der Waals surface area contributed by atoms with Gasteiger partial charge in [0, 0.05) is 0 Å². The largest absolute Gasteiger partial charge is 0.486 e. The van der Waals surface area contributed by atoms with Gasteiger partial charge in [-0.05, 0) is 19.1 Å². The summed E-state index contributed by atoms with van der Waals surface area (Å²) < 4.78 is 15.0. The highest BCUT2D eigenvalue weighted by atomic mass is 16.5. The number of pyridine rings is 1. The van der Waals surface area contributed by atoms with Gasteiger partial charge in [0.2, 0.25) is 5.82 Å². The lowest BCUT2D eigenvalue weighted by Crippen LogP contribution is -1.98. The van der Waals surface area contributed by atoms with Crippen LogP contribution in [0.5, 0.6) is 5.75 Å². The first-order valence-corrected chi connectivity index (χ1v) is 5.76. The van der Waals surface area contributed by atoms with Crippen LogP contribution >= 0.6 is 0 Å². The minimum Gasteiger partial charge on any atom is -0.486 e. The predicted octanol–water partition coefficient (Wildman–Crippen LogP) is 1.30. The van der Waals surface area contributed by atoms with Crippen molar-refractivity contribution in [1.29, 1.82) is 0 Å². The molecular formula is C12H10N4O4. The zero-order valence-electron chi connectivity index (χ0n) is 10.5. The standard InChI is InChI=1S/C12H10N4O4/c1-7-10(14-6-19-7)5-18-8-2-3-9(13-4-8)11-15-12(17)20-16-11/h2-4,6H,5H2,1H3,(H,15,16,17). The number of aromatic nitrogens is 4. The number of rotatable bonds is 4. The number of aryl methyl sites for hydroxylation is 1. The molecule has 0 aliphatic carbocycles. The first kappa shape index (κ1) is 12.2. The molecule has 0 spiro atoms. The molecule has 8 nitrogen and oxygen atoms in total. The van der Waals surface area contributed by atoms with E-state index in [0.29, 0.717) is 18.1 Å². The van der Waals surface area contributed by atoms with Gasteiger partial charge in [0.1, 0.15) is 29.5 Å². The number of nitrogens with zero attached hydrogens (tertiary/aromatic N) is 3. The fourth-order valence-corrected chi connectivity index (χ4v) is 1.56. The molecule has 0 aliphatic heterocycles. The van der Waals surface area contributed by atoms with Crippen LogP contribution < -0.4 is 10.5 Å². The van der Waals surface area contributed by atoms with E-state index in [4.69, 9.17) is 9.15 Å². The van der Waals surface area contributed by atoms with E-state index >= 15 is 0 Å². The van der Waals surface area contributed by atoms with Gasteiger partial charge < -0.3 is 9.15 Å². The van der Waals surface area contributed by atoms with Crippen LogP contribution in [-0.2, 0) is 6.61 Å². The van der Waals surface area contributed by atoms with Gasteiger partial charge in [0.05, 0.1) is 6.20 Å². The van der Waals surface area contributed by atoms with Crippen LogP contribution in [0.4, 0.5) is 0 Å². The van der Waals surface area contributed by atoms with Crippen molar-refractivity contribution in [2.45, 2.75) is 13.5 Å². The van der Waals surface area contributed by atoms with E-state index in [1.54, 1.807) is 12.1 Å². The lowest BCUT2D eigenvalue weighted by Gasteiger charge is -2.04. The minimum absolute atomic E-state index is 0.272. The summed E-state index contributed by atoms with van der Waals surface area (Å²) in [5, 5.41) is 3.55. The van der Waals surface area contributed by atoms with Gasteiger partial charge in [-0.1, -0.05) is 5.16 Å². The summed E-state index contributed by atoms with van der Waals surface area (Å²) in [5.74, 6) is 0.939. The van der Waals surface area contributed by atoms with Crippen molar-refractivity contribution in [3.8, 4) is 17.3 Å². The topological polar surface area (TPSA) is 107 Å². The summed E-state index contributed by atoms with van der Waals surface area (Å²) in [6.45, 7) is 2.11. The fraction of sp³-hybridized carbons (Fsp3) is 0.167. The maximum atomic E-state index is 10.8. The number of nitrogens with one attached hydrogen (secondary N) is 1. The van der Waals surface area contributed by atoms with Crippen molar-refractivity contribution >= 4 is 0 Å². The quantitative estimate of drug-likeness (QED) is 0.763. The molecule has 0 aliphatic rings. The first-order chi connectivity index (χ1) is 9.72. The third-order valence-electron chi connectivity index (χ3n) is 2.64. The predicted molar refractivity (Wildman–Crippen MR) is 65.9 cm³/mol. The number of H-pyrrole nitrogens is 1. The van der Waals surface area contributed by atoms with Gasteiger partial charge in [0.15, 0.2) is 6.39 Å². The molecule has 0 amide bonds. The molecule has 20 heavy (non-hydrogen) atoms. The maximum Gasteiger partial charge on any atom is 0.439 e. The lowest BCUT2D eigenvalue weighted by molar-refractivity contribution is 0.298. The first-order valence-electron chi connectivity index (χ1n) is 5.76. The summed E-state index contributed by atoms with van der Waals surface area (Å²) in [7, 11) is 0. The van der Waals surface area contributed by atoms with Crippen molar-refractivity contribution in [2.75, 3.05) is 0 Å². The molecule has 0 fully saturated rings. The average molecular weight is 274 g/mol. The Morgan fingerprint density at radius 1 is 1.35 bits per heavy atom. The van der Waals surface area contributed by atoms with Gasteiger partial charge in [0.25, 0.3) is 0 Å². The lowest BCUT2D eigenvalue weighted by atomic mass is 10.3. The highest BCUT2D eigenvalue weighted by Gasteiger charge is 2.07. The monoisotopic (exact) mass is 274 g/mol. The zero-order valence-corrected chi connectivity index (χ0v) is 10.5. The highest BCUT2D eigenvalue weighted by Crippen LogP contribution is 2.16. The Bertz CT molecular complexity index is 756. The van der Waals surface area contributed by atoms with Crippen LogP contribution in [-0.4, -0.2) is 20.1 Å². The van der Waals surface area contributed by atoms with Crippen molar-refractivity contribution in [3.63, 3.8) is 0 Å². The molecule has 0 saturated heterocycles. The van der Waals surface area contributed by atoms with Crippen LogP contribution in [0.1, 0.15) is 11.5 Å². The Balaban J connectivity index is 1.70. The molecule has 0 aromatic carbocycles. The summed E-state index contributed by atoms with van der Waals surface area (Å²) in [4.78, 5) is 21.4. The number of hydrogen-bond acceptors (Lipinski definition) is 7. The van der Waals surface area contributed by atoms with E-state index in [0.717, 1.165) is 11.5 Å². The Morgan fingerprint density at radius 2 is 2.25 bits per heavy atom. The van der Waals surface area contributed by atoms with Gasteiger partial charge in [-0.15, -0.1) is 0 Å². The maximum absolute atomic E-state index is 10.8. The van der Waals surface area contributed by atoms with Crippen LogP contribution in [0, 0.1) is 6.92 Å². The van der Waals surface area contributed by atoms with Gasteiger partial charge in [-0.2, -0.15) is 0 Å². The summed E-state index contributed by atoms with van der Waals surface area (Å²) in [6.07, 6.45) is 2.90. The Hall–Kier alpha value is -2.90. The van der Waals surface area contributed by atoms with E-state index in [9.17, 15) is 4.79 Å². The summed E-state index contributed by atoms with van der Waals surface area (Å²) in [6, 6.07) is 3.38. The van der Waals surface area contributed by atoms with Crippen molar-refractivity contribution in [1.82, 2.24) is 20.1 Å². The molecule has 0 radical (unpaired) electrons. The fourth-order valence-electron chi connectivity index (χ4n) is 1.56. The van der Waals surface area contributed by atoms with E-state index < -0.39 is 5.76 Å². The molecule has 3 heterocycles. The van der Waals surface area contributed by atoms with Crippen LogP contribution in [0.25, 0.3) is 11.5 Å². The highest BCUT2D eigenvalue weighted by molar-refractivity contribution is 5.48. The summed E-state index contributed by atoms with van der Waals surface area (Å²) >= 11 is 0. The molecule has 0 atom stereocenters. The van der Waals surface area contributed by atoms with Crippen LogP contribution in [0.3, 0.4) is 0 Å². The Labute approximate surface area is 112 Å². The Morgan fingerprint density at radius 3 is 2.85 bits per heavy atom. The van der Waals surface area contributed by atoms with Crippen molar-refractivity contribution in [3.05, 3.63) is 46.7 Å². The molecule has 3 aromatic rings. The van der Waals surface area contributed by atoms with E-state index in [1.165, 1.54) is 12.6 Å². The number of oxazole rings is 1. The number of hydrogen-bond donors (Lipinski definition) is 1. The third-order valence-corrected chi connectivity index (χ3v) is 2.64. The average Bonchev–Trinajstić information content (AvgIpc) is 3.06. The third kappa shape index (κ3) is 2.44. The van der Waals surface area contributed by atoms with E-state index in [-0.39, 0.29) is 5.82 Å². The molecule has 0 bridgehead atoms. The molecule has 8 heteroatoms. The summed E-state index contributed by atoms with van der Waals surface area (Å²) in [5.41, 5.74) is 1.22. The molecule has 3 aromatic heterocycles. The normalized spacial score (nSPS) is 10.7. The smallest absolute Gasteiger partial charge is 0.439 e. The van der Waals surface area contributed by atoms with Crippen LogP contribution in [0.2, 0.25) is 0 Å². The molecule has 102 valence electrons. The molecular weight excluding hydrogens is 264 g/mol. The van der Waals surface area contributed by atoms with Gasteiger partial charge >= 0.3 is 5.76 Å². The zero-order chi connectivity index (χ0) is 13.9. The Kier molecular flexibility index (Phi) is 3.04. The second-order valence-corrected chi connectivity index (χ2v) is 3.97. The van der Waals surface area contributed by atoms with Crippen molar-refractivity contribution in [2.24, 2.45) is 0 Å². The van der Waals surface area contributed by atoms with E-state index in [2.05, 4.69) is 24.6 Å². The molecule has 1 N–H and O–H groups in total. The minimum atomic E-state index is -0.622. The molecule has 3 rings (SSSR count). The van der Waals surface area contributed by atoms with E-state index in [1.807, 2.05) is 6.92 Å². The van der Waals surface area contributed by atoms with Gasteiger partial charge in [-0.3, -0.25) is 9.51 Å². The number of aromatic amines is 1. The van der Waals surface area contributed by atoms with Crippen molar-refractivity contribution < 1.29 is 13.7 Å². The second kappa shape index (κ2) is 5.00. The molecule has 0 saturated carbocycles. The molecule has 0 unspecified atom stereocenters. The second-order valence-electron chi connectivity index (χ2n) is 3.97. The van der Waals surface area contributed by atoms with Crippen LogP contribution in [0.15, 0.2) is 38.5 Å². The SMILES string of the molecule is Cc1ocnc1COc1ccc(-c2noc(=O)[nH]2)nc1.